The number of carbonyl (C=O) groups excluding carboxylic acids is 1. The van der Waals surface area contributed by atoms with E-state index in [0.29, 0.717) is 12.2 Å². The number of aromatic amines is 1. The first kappa shape index (κ1) is 10.2. The van der Waals surface area contributed by atoms with Gasteiger partial charge in [-0.05, 0) is 46.9 Å². The van der Waals surface area contributed by atoms with Crippen molar-refractivity contribution in [2.24, 2.45) is 0 Å². The first-order chi connectivity index (χ1) is 7.31. The SMILES string of the molecule is O=COc1ccc(-c2[nH]ncc2I)cc1. The van der Waals surface area contributed by atoms with Crippen molar-refractivity contribution in [1.29, 1.82) is 0 Å². The Labute approximate surface area is 99.8 Å². The second-order valence-electron chi connectivity index (χ2n) is 2.83. The Hall–Kier alpha value is -1.37. The zero-order chi connectivity index (χ0) is 10.7. The van der Waals surface area contributed by atoms with E-state index in [2.05, 4.69) is 32.8 Å². The number of H-pyrrole nitrogens is 1. The van der Waals surface area contributed by atoms with E-state index < -0.39 is 0 Å². The van der Waals surface area contributed by atoms with Crippen LogP contribution in [0, 0.1) is 3.57 Å². The van der Waals surface area contributed by atoms with Crippen molar-refractivity contribution in [2.45, 2.75) is 0 Å². The molecule has 5 heteroatoms. The quantitative estimate of drug-likeness (QED) is 0.698. The number of benzene rings is 1. The van der Waals surface area contributed by atoms with E-state index in [1.165, 1.54) is 0 Å². The van der Waals surface area contributed by atoms with Gasteiger partial charge < -0.3 is 4.74 Å². The van der Waals surface area contributed by atoms with Crippen LogP contribution < -0.4 is 4.74 Å². The number of hydrogen-bond donors (Lipinski definition) is 1. The number of ether oxygens (including phenoxy) is 1. The number of hydrogen-bond acceptors (Lipinski definition) is 3. The first-order valence-electron chi connectivity index (χ1n) is 4.21. The van der Waals surface area contributed by atoms with Crippen LogP contribution in [0.3, 0.4) is 0 Å². The van der Waals surface area contributed by atoms with Crippen molar-refractivity contribution in [2.75, 3.05) is 0 Å². The highest BCUT2D eigenvalue weighted by molar-refractivity contribution is 14.1. The zero-order valence-corrected chi connectivity index (χ0v) is 9.76. The van der Waals surface area contributed by atoms with Gasteiger partial charge in [0.15, 0.2) is 0 Å². The number of nitrogens with one attached hydrogen (secondary N) is 1. The Bertz CT molecular complexity index is 465. The fourth-order valence-corrected chi connectivity index (χ4v) is 1.80. The van der Waals surface area contributed by atoms with Crippen LogP contribution in [0.15, 0.2) is 30.5 Å². The maximum atomic E-state index is 10.1. The third kappa shape index (κ3) is 2.17. The largest absolute Gasteiger partial charge is 0.429 e. The summed E-state index contributed by atoms with van der Waals surface area (Å²) in [5.41, 5.74) is 1.98. The molecule has 0 bridgehead atoms. The Balaban J connectivity index is 2.31. The lowest BCUT2D eigenvalue weighted by atomic mass is 10.1. The monoisotopic (exact) mass is 314 g/mol. The molecule has 76 valence electrons. The predicted molar refractivity (Wildman–Crippen MR) is 63.4 cm³/mol. The van der Waals surface area contributed by atoms with Crippen molar-refractivity contribution in [3.8, 4) is 17.0 Å². The van der Waals surface area contributed by atoms with Crippen LogP contribution in [0.2, 0.25) is 0 Å². The van der Waals surface area contributed by atoms with Crippen LogP contribution in [-0.4, -0.2) is 16.7 Å². The van der Waals surface area contributed by atoms with E-state index in [9.17, 15) is 4.79 Å². The molecule has 0 fully saturated rings. The summed E-state index contributed by atoms with van der Waals surface area (Å²) in [6, 6.07) is 7.21. The molecule has 0 unspecified atom stereocenters. The van der Waals surface area contributed by atoms with Gasteiger partial charge in [-0.2, -0.15) is 5.10 Å². The van der Waals surface area contributed by atoms with Gasteiger partial charge in [0.2, 0.25) is 0 Å². The first-order valence-corrected chi connectivity index (χ1v) is 5.29. The molecule has 0 aliphatic carbocycles. The highest BCUT2D eigenvalue weighted by atomic mass is 127. The zero-order valence-electron chi connectivity index (χ0n) is 7.61. The maximum absolute atomic E-state index is 10.1. The molecule has 1 aromatic carbocycles. The molecule has 2 rings (SSSR count). The second kappa shape index (κ2) is 4.43. The number of rotatable bonds is 3. The molecule has 0 spiro atoms. The molecule has 0 saturated heterocycles. The fraction of sp³-hybridized carbons (Fsp3) is 0. The highest BCUT2D eigenvalue weighted by Gasteiger charge is 2.04. The summed E-state index contributed by atoms with van der Waals surface area (Å²) in [6.07, 6.45) is 1.76. The Morgan fingerprint density at radius 3 is 2.60 bits per heavy atom. The van der Waals surface area contributed by atoms with Gasteiger partial charge in [-0.3, -0.25) is 9.89 Å². The van der Waals surface area contributed by atoms with Crippen LogP contribution in [0.4, 0.5) is 0 Å². The number of carbonyl (C=O) groups is 1. The van der Waals surface area contributed by atoms with Crippen molar-refractivity contribution in [3.05, 3.63) is 34.0 Å². The highest BCUT2D eigenvalue weighted by Crippen LogP contribution is 2.24. The third-order valence-electron chi connectivity index (χ3n) is 1.92. The normalized spacial score (nSPS) is 9.93. The minimum atomic E-state index is 0.412. The van der Waals surface area contributed by atoms with Gasteiger partial charge in [-0.1, -0.05) is 0 Å². The standard InChI is InChI=1S/C10H7IN2O2/c11-9-5-12-13-10(9)7-1-3-8(4-2-7)15-6-14/h1-6H,(H,12,13). The second-order valence-corrected chi connectivity index (χ2v) is 3.99. The third-order valence-corrected chi connectivity index (χ3v) is 2.74. The summed E-state index contributed by atoms with van der Waals surface area (Å²) in [4.78, 5) is 10.1. The summed E-state index contributed by atoms with van der Waals surface area (Å²) >= 11 is 2.20. The molecular formula is C10H7IN2O2. The van der Waals surface area contributed by atoms with Crippen LogP contribution in [0.25, 0.3) is 11.3 Å². The Morgan fingerprint density at radius 2 is 2.07 bits per heavy atom. The molecule has 4 nitrogen and oxygen atoms in total. The van der Waals surface area contributed by atoms with Gasteiger partial charge in [-0.25, -0.2) is 0 Å². The van der Waals surface area contributed by atoms with Crippen molar-refractivity contribution < 1.29 is 9.53 Å². The minimum Gasteiger partial charge on any atom is -0.429 e. The van der Waals surface area contributed by atoms with E-state index in [0.717, 1.165) is 14.8 Å². The molecule has 1 heterocycles. The summed E-state index contributed by atoms with van der Waals surface area (Å²) in [6.45, 7) is 0.412. The Kier molecular flexibility index (Phi) is 3.00. The van der Waals surface area contributed by atoms with Crippen LogP contribution in [0.5, 0.6) is 5.75 Å². The van der Waals surface area contributed by atoms with E-state index in [1.54, 1.807) is 18.3 Å². The van der Waals surface area contributed by atoms with E-state index in [4.69, 9.17) is 4.74 Å². The summed E-state index contributed by atoms with van der Waals surface area (Å²) < 4.78 is 5.75. The van der Waals surface area contributed by atoms with Crippen molar-refractivity contribution >= 4 is 29.1 Å². The minimum absolute atomic E-state index is 0.412. The average Bonchev–Trinajstić information content (AvgIpc) is 2.66. The molecule has 0 amide bonds. The van der Waals surface area contributed by atoms with E-state index in [-0.39, 0.29) is 0 Å². The van der Waals surface area contributed by atoms with Gasteiger partial charge >= 0.3 is 0 Å². The molecule has 15 heavy (non-hydrogen) atoms. The van der Waals surface area contributed by atoms with Crippen LogP contribution in [-0.2, 0) is 4.79 Å². The summed E-state index contributed by atoms with van der Waals surface area (Å²) in [5, 5.41) is 6.84. The fourth-order valence-electron chi connectivity index (χ4n) is 1.23. The van der Waals surface area contributed by atoms with Gasteiger partial charge in [0, 0.05) is 5.56 Å². The lowest BCUT2D eigenvalue weighted by Crippen LogP contribution is -1.88. The van der Waals surface area contributed by atoms with E-state index in [1.807, 2.05) is 12.1 Å². The number of halogens is 1. The van der Waals surface area contributed by atoms with Crippen LogP contribution in [0.1, 0.15) is 0 Å². The van der Waals surface area contributed by atoms with Crippen LogP contribution >= 0.6 is 22.6 Å². The molecule has 0 aliphatic rings. The van der Waals surface area contributed by atoms with Gasteiger partial charge in [-0.15, -0.1) is 0 Å². The molecule has 0 saturated carbocycles. The predicted octanol–water partition coefficient (Wildman–Crippen LogP) is 2.22. The number of nitrogens with zero attached hydrogens (tertiary/aromatic N) is 1. The molecule has 2 aromatic rings. The molecule has 1 N–H and O–H groups in total. The van der Waals surface area contributed by atoms with E-state index >= 15 is 0 Å². The molecule has 0 radical (unpaired) electrons. The molecule has 0 atom stereocenters. The smallest absolute Gasteiger partial charge is 0.298 e. The summed E-state index contributed by atoms with van der Waals surface area (Å²) in [7, 11) is 0. The van der Waals surface area contributed by atoms with Crippen molar-refractivity contribution in [3.63, 3.8) is 0 Å². The Morgan fingerprint density at radius 1 is 1.33 bits per heavy atom. The molecule has 0 aliphatic heterocycles. The molecular weight excluding hydrogens is 307 g/mol. The van der Waals surface area contributed by atoms with Gasteiger partial charge in [0.1, 0.15) is 5.75 Å². The summed E-state index contributed by atoms with van der Waals surface area (Å²) in [5.74, 6) is 0.531. The molecule has 1 aromatic heterocycles. The van der Waals surface area contributed by atoms with Gasteiger partial charge in [0.05, 0.1) is 15.5 Å². The lowest BCUT2D eigenvalue weighted by Gasteiger charge is -2.00. The topological polar surface area (TPSA) is 55.0 Å². The maximum Gasteiger partial charge on any atom is 0.298 e. The lowest BCUT2D eigenvalue weighted by molar-refractivity contribution is -0.120. The van der Waals surface area contributed by atoms with Gasteiger partial charge in [0.25, 0.3) is 6.47 Å². The van der Waals surface area contributed by atoms with Crippen molar-refractivity contribution in [1.82, 2.24) is 10.2 Å². The average molecular weight is 314 g/mol. The number of aromatic nitrogens is 2.